The van der Waals surface area contributed by atoms with E-state index in [0.717, 1.165) is 67.7 Å². The molecule has 4 aromatic rings. The normalized spacial score (nSPS) is 15.7. The van der Waals surface area contributed by atoms with Gasteiger partial charge in [0.05, 0.1) is 29.5 Å². The number of carbonyl (C=O) groups excluding carboxylic acids is 1. The van der Waals surface area contributed by atoms with Crippen molar-refractivity contribution in [2.75, 3.05) is 50.1 Å². The average molecular weight is 593 g/mol. The zero-order valence-corrected chi connectivity index (χ0v) is 24.2. The van der Waals surface area contributed by atoms with Gasteiger partial charge >= 0.3 is 12.0 Å². The monoisotopic (exact) mass is 592 g/mol. The van der Waals surface area contributed by atoms with E-state index >= 15 is 0 Å². The molecule has 1 aromatic carbocycles. The number of imidazole rings is 1. The Hall–Kier alpha value is -4.20. The lowest BCUT2D eigenvalue weighted by atomic mass is 9.91. The van der Waals surface area contributed by atoms with E-state index in [0.29, 0.717) is 12.3 Å². The first kappa shape index (κ1) is 27.9. The van der Waals surface area contributed by atoms with Gasteiger partial charge in [-0.2, -0.15) is 0 Å². The number of allylic oxidation sites excluding steroid dienone is 1. The molecule has 0 saturated carbocycles. The topological polar surface area (TPSA) is 143 Å². The third-order valence-corrected chi connectivity index (χ3v) is 8.53. The van der Waals surface area contributed by atoms with E-state index in [1.807, 2.05) is 12.1 Å². The number of carbonyl (C=O) groups is 2. The summed E-state index contributed by atoms with van der Waals surface area (Å²) in [5.41, 5.74) is 2.34. The number of aromatic nitrogens is 3. The number of aryl methyl sites for hydroxylation is 1. The van der Waals surface area contributed by atoms with Gasteiger partial charge in [0.25, 0.3) is 0 Å². The molecule has 42 heavy (non-hydrogen) atoms. The van der Waals surface area contributed by atoms with E-state index in [2.05, 4.69) is 37.4 Å². The summed E-state index contributed by atoms with van der Waals surface area (Å²) in [5.74, 6) is 0.232. The van der Waals surface area contributed by atoms with Crippen molar-refractivity contribution in [2.24, 2.45) is 0 Å². The number of benzene rings is 1. The fraction of sp³-hybridized carbons (Fsp3) is 0.379. The van der Waals surface area contributed by atoms with Gasteiger partial charge in [0, 0.05) is 55.3 Å². The highest BCUT2D eigenvalue weighted by Crippen LogP contribution is 2.34. The number of hydrogen-bond acceptors (Lipinski definition) is 9. The van der Waals surface area contributed by atoms with Crippen molar-refractivity contribution >= 4 is 45.9 Å². The molecule has 6 rings (SSSR count). The van der Waals surface area contributed by atoms with Crippen molar-refractivity contribution in [1.29, 1.82) is 0 Å². The van der Waals surface area contributed by atoms with Crippen LogP contribution in [0.25, 0.3) is 22.3 Å². The van der Waals surface area contributed by atoms with E-state index in [4.69, 9.17) is 19.0 Å². The lowest BCUT2D eigenvalue weighted by Gasteiger charge is -2.26. The van der Waals surface area contributed by atoms with Crippen LogP contribution in [0.4, 0.5) is 16.3 Å². The Morgan fingerprint density at radius 2 is 1.93 bits per heavy atom. The minimum Gasteiger partial charge on any atom is -0.497 e. The van der Waals surface area contributed by atoms with Crippen molar-refractivity contribution in [1.82, 2.24) is 19.4 Å². The van der Waals surface area contributed by atoms with Gasteiger partial charge < -0.3 is 24.4 Å². The van der Waals surface area contributed by atoms with Crippen LogP contribution < -0.4 is 10.6 Å². The largest absolute Gasteiger partial charge is 0.497 e. The minimum absolute atomic E-state index is 0.122. The van der Waals surface area contributed by atoms with E-state index in [-0.39, 0.29) is 11.6 Å². The quantitative estimate of drug-likeness (QED) is 0.252. The van der Waals surface area contributed by atoms with Crippen LogP contribution in [0.2, 0.25) is 0 Å². The first-order chi connectivity index (χ1) is 20.3. The zero-order valence-electron chi connectivity index (χ0n) is 23.4. The predicted octanol–water partition coefficient (Wildman–Crippen LogP) is 4.69. The van der Waals surface area contributed by atoms with E-state index in [1.165, 1.54) is 30.5 Å². The Bertz CT molecular complexity index is 1630. The third-order valence-electron chi connectivity index (χ3n) is 7.49. The number of rotatable bonds is 9. The lowest BCUT2D eigenvalue weighted by Crippen LogP contribution is -2.38. The number of anilines is 2. The molecule has 220 valence electrons. The summed E-state index contributed by atoms with van der Waals surface area (Å²) in [7, 11) is 0. The van der Waals surface area contributed by atoms with Gasteiger partial charge in [0.1, 0.15) is 12.0 Å². The second-order valence-electron chi connectivity index (χ2n) is 10.8. The van der Waals surface area contributed by atoms with Crippen LogP contribution in [0.15, 0.2) is 46.8 Å². The van der Waals surface area contributed by atoms with Crippen molar-refractivity contribution < 1.29 is 28.7 Å². The molecule has 0 bridgehead atoms. The number of ether oxygens (including phenoxy) is 2. The molecule has 4 heterocycles. The molecular formula is C29H32N6O6S. The first-order valence-corrected chi connectivity index (χ1v) is 14.6. The van der Waals surface area contributed by atoms with E-state index in [1.54, 1.807) is 23.5 Å². The number of hydrogen-bond donors (Lipinski definition) is 3. The van der Waals surface area contributed by atoms with E-state index < -0.39 is 17.4 Å². The molecule has 0 unspecified atom stereocenters. The van der Waals surface area contributed by atoms with Crippen LogP contribution in [-0.4, -0.2) is 76.0 Å². The molecule has 0 spiro atoms. The number of thiazole rings is 1. The fourth-order valence-corrected chi connectivity index (χ4v) is 5.95. The number of nitrogens with one attached hydrogen (secondary N) is 2. The second-order valence-corrected chi connectivity index (χ2v) is 11.8. The van der Waals surface area contributed by atoms with Crippen LogP contribution in [-0.2, 0) is 26.1 Å². The molecule has 3 N–H and O–H groups in total. The van der Waals surface area contributed by atoms with Crippen molar-refractivity contribution in [2.45, 2.75) is 32.1 Å². The van der Waals surface area contributed by atoms with Crippen molar-refractivity contribution in [3.8, 4) is 11.3 Å². The number of carboxylic acid groups (broad SMARTS) is 1. The molecule has 3 aromatic heterocycles. The van der Waals surface area contributed by atoms with Crippen LogP contribution >= 0.6 is 11.3 Å². The maximum atomic E-state index is 12.4. The Morgan fingerprint density at radius 3 is 2.69 bits per heavy atom. The van der Waals surface area contributed by atoms with Gasteiger partial charge in [-0.15, -0.1) is 0 Å². The Morgan fingerprint density at radius 1 is 1.14 bits per heavy atom. The maximum absolute atomic E-state index is 12.4. The molecule has 1 aliphatic heterocycles. The third kappa shape index (κ3) is 5.89. The number of morpholine rings is 1. The number of urea groups is 1. The SMILES string of the molecule is CC(C)(C(=O)O)c1cc(NC(=O)Nc2ccc(-c3cn4c5c(sc4n3)C=C(OCCN3CCOCC3)CC5)cc2)no1. The molecule has 2 aliphatic rings. The van der Waals surface area contributed by atoms with Gasteiger partial charge in [-0.3, -0.25) is 19.4 Å². The molecule has 12 nitrogen and oxygen atoms in total. The van der Waals surface area contributed by atoms with Gasteiger partial charge in [0.2, 0.25) is 0 Å². The average Bonchev–Trinajstić information content (AvgIpc) is 3.69. The molecule has 0 atom stereocenters. The summed E-state index contributed by atoms with van der Waals surface area (Å²) in [6, 6.07) is 8.26. The summed E-state index contributed by atoms with van der Waals surface area (Å²) >= 11 is 1.65. The van der Waals surface area contributed by atoms with Gasteiger partial charge in [-0.1, -0.05) is 28.6 Å². The Balaban J connectivity index is 1.06. The minimum atomic E-state index is -1.27. The van der Waals surface area contributed by atoms with E-state index in [9.17, 15) is 14.7 Å². The maximum Gasteiger partial charge on any atom is 0.324 e. The summed E-state index contributed by atoms with van der Waals surface area (Å²) in [5, 5.41) is 18.4. The van der Waals surface area contributed by atoms with Gasteiger partial charge in [-0.25, -0.2) is 9.78 Å². The summed E-state index contributed by atoms with van der Waals surface area (Å²) in [6.07, 6.45) is 5.96. The zero-order chi connectivity index (χ0) is 29.3. The summed E-state index contributed by atoms with van der Waals surface area (Å²) in [6.45, 7) is 8.12. The molecule has 13 heteroatoms. The standard InChI is InChI=1S/C29H32N6O6S/c1-29(2,26(36)37)24-16-25(33-41-24)32-27(38)30-19-5-3-18(4-6-19)21-17-35-22-8-7-20(15-23(22)42-28(35)31-21)40-14-11-34-9-12-39-13-10-34/h3-6,15-17H,7-14H2,1-2H3,(H,36,37)(H2,30,32,33,38). The van der Waals surface area contributed by atoms with Crippen LogP contribution in [0, 0.1) is 0 Å². The second kappa shape index (κ2) is 11.6. The highest BCUT2D eigenvalue weighted by atomic mass is 32.1. The number of carboxylic acids is 1. The number of fused-ring (bicyclic) bond motifs is 3. The Labute approximate surface area is 245 Å². The smallest absolute Gasteiger partial charge is 0.324 e. The highest BCUT2D eigenvalue weighted by molar-refractivity contribution is 7.18. The molecule has 1 aliphatic carbocycles. The number of amides is 2. The molecule has 0 radical (unpaired) electrons. The summed E-state index contributed by atoms with van der Waals surface area (Å²) < 4.78 is 18.8. The molecule has 1 fully saturated rings. The van der Waals surface area contributed by atoms with Crippen LogP contribution in [0.5, 0.6) is 0 Å². The van der Waals surface area contributed by atoms with Crippen LogP contribution in [0.1, 0.15) is 36.6 Å². The van der Waals surface area contributed by atoms with Crippen LogP contribution in [0.3, 0.4) is 0 Å². The Kier molecular flexibility index (Phi) is 7.71. The predicted molar refractivity (Wildman–Crippen MR) is 158 cm³/mol. The molecular weight excluding hydrogens is 560 g/mol. The van der Waals surface area contributed by atoms with Gasteiger partial charge in [-0.05, 0) is 38.5 Å². The molecule has 2 amide bonds. The number of nitrogens with zero attached hydrogens (tertiary/aromatic N) is 4. The highest BCUT2D eigenvalue weighted by Gasteiger charge is 2.34. The molecule has 1 saturated heterocycles. The first-order valence-electron chi connectivity index (χ1n) is 13.8. The van der Waals surface area contributed by atoms with Crippen molar-refractivity contribution in [3.05, 3.63) is 58.6 Å². The van der Waals surface area contributed by atoms with Crippen molar-refractivity contribution in [3.63, 3.8) is 0 Å². The number of aliphatic carboxylic acids is 1. The lowest BCUT2D eigenvalue weighted by molar-refractivity contribution is -0.143. The summed E-state index contributed by atoms with van der Waals surface area (Å²) in [4.78, 5) is 33.2. The van der Waals surface area contributed by atoms with Gasteiger partial charge in [0.15, 0.2) is 16.5 Å². The fourth-order valence-electron chi connectivity index (χ4n) is 4.84.